The number of aryl methyl sites for hydroxylation is 1. The van der Waals surface area contributed by atoms with Crippen LogP contribution in [0.3, 0.4) is 0 Å². The van der Waals surface area contributed by atoms with Gasteiger partial charge in [-0.25, -0.2) is 0 Å². The van der Waals surface area contributed by atoms with E-state index < -0.39 is 0 Å². The lowest BCUT2D eigenvalue weighted by Crippen LogP contribution is -2.32. The molecule has 0 heterocycles. The first-order valence-electron chi connectivity index (χ1n) is 6.02. The van der Waals surface area contributed by atoms with Crippen LogP contribution >= 0.6 is 0 Å². The monoisotopic (exact) mass is 221 g/mol. The van der Waals surface area contributed by atoms with Gasteiger partial charge in [0, 0.05) is 6.04 Å². The van der Waals surface area contributed by atoms with Gasteiger partial charge in [0.05, 0.1) is 13.2 Å². The zero-order valence-corrected chi connectivity index (χ0v) is 10.6. The zero-order chi connectivity index (χ0) is 12.0. The molecule has 0 aliphatic carbocycles. The molecule has 1 aromatic rings. The Kier molecular flexibility index (Phi) is 5.50. The van der Waals surface area contributed by atoms with E-state index in [1.165, 1.54) is 11.1 Å². The molecule has 0 saturated carbocycles. The quantitative estimate of drug-likeness (QED) is 0.801. The minimum Gasteiger partial charge on any atom is -0.375 e. The summed E-state index contributed by atoms with van der Waals surface area (Å²) in [6.45, 7) is 7.72. The van der Waals surface area contributed by atoms with E-state index in [0.29, 0.717) is 19.1 Å². The Bertz CT molecular complexity index is 311. The molecule has 1 aromatic carbocycles. The summed E-state index contributed by atoms with van der Waals surface area (Å²) in [6, 6.07) is 8.53. The summed E-state index contributed by atoms with van der Waals surface area (Å²) < 4.78 is 5.63. The van der Waals surface area contributed by atoms with Gasteiger partial charge >= 0.3 is 0 Å². The van der Waals surface area contributed by atoms with Crippen LogP contribution < -0.4 is 5.73 Å². The lowest BCUT2D eigenvalue weighted by Gasteiger charge is -2.18. The second-order valence-corrected chi connectivity index (χ2v) is 4.55. The number of ether oxygens (including phenoxy) is 1. The molecule has 0 amide bonds. The summed E-state index contributed by atoms with van der Waals surface area (Å²) in [5.74, 6) is 0.525. The third-order valence-electron chi connectivity index (χ3n) is 3.04. The van der Waals surface area contributed by atoms with Gasteiger partial charge < -0.3 is 10.5 Å². The van der Waals surface area contributed by atoms with Crippen LogP contribution in [0.5, 0.6) is 0 Å². The smallest absolute Gasteiger partial charge is 0.0717 e. The van der Waals surface area contributed by atoms with E-state index in [1.807, 2.05) is 0 Å². The summed E-state index contributed by atoms with van der Waals surface area (Å²) in [5, 5.41) is 0. The fourth-order valence-corrected chi connectivity index (χ4v) is 1.58. The van der Waals surface area contributed by atoms with Gasteiger partial charge in [0.1, 0.15) is 0 Å². The third kappa shape index (κ3) is 4.33. The van der Waals surface area contributed by atoms with Gasteiger partial charge in [-0.1, -0.05) is 50.1 Å². The minimum absolute atomic E-state index is 0.148. The first kappa shape index (κ1) is 13.2. The molecule has 0 radical (unpaired) electrons. The summed E-state index contributed by atoms with van der Waals surface area (Å²) >= 11 is 0. The Morgan fingerprint density at radius 1 is 1.38 bits per heavy atom. The first-order chi connectivity index (χ1) is 7.63. The molecule has 16 heavy (non-hydrogen) atoms. The summed E-state index contributed by atoms with van der Waals surface area (Å²) in [4.78, 5) is 0. The molecule has 2 nitrogen and oxygen atoms in total. The van der Waals surface area contributed by atoms with Crippen molar-refractivity contribution in [2.45, 2.75) is 39.8 Å². The molecule has 0 bridgehead atoms. The maximum Gasteiger partial charge on any atom is 0.0717 e. The first-order valence-corrected chi connectivity index (χ1v) is 6.02. The van der Waals surface area contributed by atoms with Crippen molar-refractivity contribution in [2.24, 2.45) is 11.7 Å². The van der Waals surface area contributed by atoms with Gasteiger partial charge in [-0.2, -0.15) is 0 Å². The van der Waals surface area contributed by atoms with Crippen molar-refractivity contribution in [1.82, 2.24) is 0 Å². The van der Waals surface area contributed by atoms with E-state index in [0.717, 1.165) is 6.42 Å². The SMILES string of the molecule is CCC(C)[C@H](N)COCc1cccc(C)c1. The number of hydrogen-bond acceptors (Lipinski definition) is 2. The molecule has 1 rings (SSSR count). The van der Waals surface area contributed by atoms with Crippen molar-refractivity contribution in [3.8, 4) is 0 Å². The van der Waals surface area contributed by atoms with E-state index >= 15 is 0 Å². The second kappa shape index (κ2) is 6.66. The lowest BCUT2D eigenvalue weighted by molar-refractivity contribution is 0.0946. The van der Waals surface area contributed by atoms with Crippen molar-refractivity contribution in [3.63, 3.8) is 0 Å². The molecule has 0 aromatic heterocycles. The van der Waals surface area contributed by atoms with Crippen molar-refractivity contribution < 1.29 is 4.74 Å². The van der Waals surface area contributed by atoms with E-state index in [9.17, 15) is 0 Å². The van der Waals surface area contributed by atoms with E-state index in [-0.39, 0.29) is 6.04 Å². The highest BCUT2D eigenvalue weighted by Crippen LogP contribution is 2.08. The molecule has 0 aliphatic rings. The van der Waals surface area contributed by atoms with Crippen LogP contribution in [0.2, 0.25) is 0 Å². The van der Waals surface area contributed by atoms with Crippen LogP contribution in [0.25, 0.3) is 0 Å². The van der Waals surface area contributed by atoms with Crippen molar-refractivity contribution in [2.75, 3.05) is 6.61 Å². The highest BCUT2D eigenvalue weighted by molar-refractivity contribution is 5.21. The van der Waals surface area contributed by atoms with Gasteiger partial charge in [0.15, 0.2) is 0 Å². The average Bonchev–Trinajstić information content (AvgIpc) is 2.28. The Morgan fingerprint density at radius 2 is 2.12 bits per heavy atom. The molecule has 0 saturated heterocycles. The number of rotatable bonds is 6. The predicted molar refractivity (Wildman–Crippen MR) is 68.3 cm³/mol. The standard InChI is InChI=1S/C14H23NO/c1-4-12(3)14(15)10-16-9-13-7-5-6-11(2)8-13/h5-8,12,14H,4,9-10,15H2,1-3H3/t12?,14-/m1/s1. The number of hydrogen-bond donors (Lipinski definition) is 1. The van der Waals surface area contributed by atoms with Crippen LogP contribution in [-0.4, -0.2) is 12.6 Å². The third-order valence-corrected chi connectivity index (χ3v) is 3.04. The van der Waals surface area contributed by atoms with E-state index in [2.05, 4.69) is 45.0 Å². The lowest BCUT2D eigenvalue weighted by atomic mass is 10.0. The summed E-state index contributed by atoms with van der Waals surface area (Å²) in [7, 11) is 0. The minimum atomic E-state index is 0.148. The van der Waals surface area contributed by atoms with Gasteiger partial charge in [-0.05, 0) is 18.4 Å². The van der Waals surface area contributed by atoms with E-state index in [4.69, 9.17) is 10.5 Å². The fraction of sp³-hybridized carbons (Fsp3) is 0.571. The average molecular weight is 221 g/mol. The Morgan fingerprint density at radius 3 is 2.75 bits per heavy atom. The predicted octanol–water partition coefficient (Wildman–Crippen LogP) is 2.89. The molecule has 1 unspecified atom stereocenters. The van der Waals surface area contributed by atoms with Crippen LogP contribution in [-0.2, 0) is 11.3 Å². The normalized spacial score (nSPS) is 14.8. The fourth-order valence-electron chi connectivity index (χ4n) is 1.58. The van der Waals surface area contributed by atoms with Crippen LogP contribution in [0, 0.1) is 12.8 Å². The maximum atomic E-state index is 6.00. The van der Waals surface area contributed by atoms with Crippen LogP contribution in [0.4, 0.5) is 0 Å². The van der Waals surface area contributed by atoms with Crippen molar-refractivity contribution in [3.05, 3.63) is 35.4 Å². The van der Waals surface area contributed by atoms with E-state index in [1.54, 1.807) is 0 Å². The van der Waals surface area contributed by atoms with Crippen LogP contribution in [0.15, 0.2) is 24.3 Å². The van der Waals surface area contributed by atoms with Gasteiger partial charge in [-0.3, -0.25) is 0 Å². The van der Waals surface area contributed by atoms with Gasteiger partial charge in [-0.15, -0.1) is 0 Å². The van der Waals surface area contributed by atoms with Gasteiger partial charge in [0.2, 0.25) is 0 Å². The molecule has 0 fully saturated rings. The highest BCUT2D eigenvalue weighted by atomic mass is 16.5. The maximum absolute atomic E-state index is 6.00. The molecule has 2 atom stereocenters. The van der Waals surface area contributed by atoms with Crippen LogP contribution in [0.1, 0.15) is 31.4 Å². The highest BCUT2D eigenvalue weighted by Gasteiger charge is 2.10. The molecule has 2 heteroatoms. The zero-order valence-electron chi connectivity index (χ0n) is 10.6. The Balaban J connectivity index is 2.30. The topological polar surface area (TPSA) is 35.2 Å². The molecule has 0 spiro atoms. The van der Waals surface area contributed by atoms with Crippen molar-refractivity contribution in [1.29, 1.82) is 0 Å². The Hall–Kier alpha value is -0.860. The molecule has 2 N–H and O–H groups in total. The molecular formula is C14H23NO. The molecule has 0 aliphatic heterocycles. The molecule has 90 valence electrons. The number of nitrogens with two attached hydrogens (primary N) is 1. The summed E-state index contributed by atoms with van der Waals surface area (Å²) in [6.07, 6.45) is 1.11. The van der Waals surface area contributed by atoms with Gasteiger partial charge in [0.25, 0.3) is 0 Å². The molecular weight excluding hydrogens is 198 g/mol. The summed E-state index contributed by atoms with van der Waals surface area (Å²) in [5.41, 5.74) is 8.49. The van der Waals surface area contributed by atoms with Crippen molar-refractivity contribution >= 4 is 0 Å². The largest absolute Gasteiger partial charge is 0.375 e. The number of benzene rings is 1. The second-order valence-electron chi connectivity index (χ2n) is 4.55. The Labute approximate surface area is 98.8 Å².